The normalized spacial score (nSPS) is 14.3. The first-order valence-electron chi connectivity index (χ1n) is 21.4. The van der Waals surface area contributed by atoms with Gasteiger partial charge in [-0.1, -0.05) is 32.9 Å². The van der Waals surface area contributed by atoms with Gasteiger partial charge < -0.3 is 30.4 Å². The molecule has 2 aliphatic heterocycles. The van der Waals surface area contributed by atoms with E-state index in [2.05, 4.69) is 101 Å². The Morgan fingerprint density at radius 2 is 1.38 bits per heavy atom. The van der Waals surface area contributed by atoms with Gasteiger partial charge in [0.1, 0.15) is 34.4 Å². The Labute approximate surface area is 389 Å². The van der Waals surface area contributed by atoms with Crippen molar-refractivity contribution in [1.29, 1.82) is 0 Å². The second-order valence-corrected chi connectivity index (χ2v) is 22.3. The Bertz CT molecular complexity index is 2650. The number of aromatic nitrogens is 12. The maximum Gasteiger partial charge on any atom is 0.275 e. The first kappa shape index (κ1) is 49.0. The molecule has 2 atom stereocenters. The van der Waals surface area contributed by atoms with Crippen LogP contribution in [-0.4, -0.2) is 123 Å². The summed E-state index contributed by atoms with van der Waals surface area (Å²) in [5.74, 6) is 0.911. The number of rotatable bonds is 13. The molecule has 2 aliphatic rings. The van der Waals surface area contributed by atoms with Crippen LogP contribution in [0, 0.1) is 0 Å². The molecule has 23 heteroatoms. The first-order chi connectivity index (χ1) is 31.1. The van der Waals surface area contributed by atoms with Gasteiger partial charge in [0.25, 0.3) is 11.8 Å². The second-order valence-electron chi connectivity index (χ2n) is 17.5. The number of carbonyl (C=O) groups excluding carboxylic acids is 3. The smallest absolute Gasteiger partial charge is 0.275 e. The fraction of sp³-hybridized carbons (Fsp3) is 0.419. The van der Waals surface area contributed by atoms with Crippen LogP contribution >= 0.6 is 12.4 Å². The number of nitrogens with zero attached hydrogens (tertiary/aromatic N) is 13. The van der Waals surface area contributed by atoms with E-state index in [9.17, 15) is 19.5 Å². The Kier molecular flexibility index (Phi) is 15.8. The molecule has 0 radical (unpaired) electrons. The molecule has 0 unspecified atom stereocenters. The Balaban J connectivity index is 0.000000223. The molecule has 0 saturated carbocycles. The maximum atomic E-state index is 12.9. The van der Waals surface area contributed by atoms with Crippen LogP contribution in [0.15, 0.2) is 60.9 Å². The van der Waals surface area contributed by atoms with Crippen LogP contribution in [-0.2, 0) is 35.2 Å². The zero-order chi connectivity index (χ0) is 46.3. The highest BCUT2D eigenvalue weighted by Crippen LogP contribution is 2.37. The molecule has 6 aromatic rings. The number of fused-ring (bicyclic) bond motifs is 2. The van der Waals surface area contributed by atoms with Crippen LogP contribution < -0.4 is 16.0 Å². The fourth-order valence-electron chi connectivity index (χ4n) is 6.79. The molecule has 0 aromatic carbocycles. The largest absolute Gasteiger partial charge is 0.415 e. The summed E-state index contributed by atoms with van der Waals surface area (Å²) in [6.45, 7) is 18.0. The van der Waals surface area contributed by atoms with Gasteiger partial charge in [-0.2, -0.15) is 0 Å². The number of hydrogen-bond donors (Lipinski definition) is 4. The van der Waals surface area contributed by atoms with Crippen molar-refractivity contribution in [1.82, 2.24) is 70.6 Å². The van der Waals surface area contributed by atoms with Crippen LogP contribution in [0.1, 0.15) is 89.9 Å². The quantitative estimate of drug-likeness (QED) is 0.0919. The molecule has 0 spiro atoms. The van der Waals surface area contributed by atoms with E-state index in [0.717, 1.165) is 49.0 Å². The van der Waals surface area contributed by atoms with Crippen molar-refractivity contribution in [3.8, 4) is 23.0 Å². The number of pyridine rings is 4. The molecule has 348 valence electrons. The predicted molar refractivity (Wildman–Crippen MR) is 249 cm³/mol. The molecule has 0 bridgehead atoms. The average molecular weight is 940 g/mol. The lowest BCUT2D eigenvalue weighted by Crippen LogP contribution is -2.42. The molecule has 8 heterocycles. The second kappa shape index (κ2) is 21.2. The lowest BCUT2D eigenvalue weighted by atomic mass is 10.0. The van der Waals surface area contributed by atoms with Crippen molar-refractivity contribution in [3.63, 3.8) is 0 Å². The van der Waals surface area contributed by atoms with E-state index in [-0.39, 0.29) is 53.6 Å². The van der Waals surface area contributed by atoms with Crippen LogP contribution in [0.4, 0.5) is 11.6 Å². The van der Waals surface area contributed by atoms with Crippen LogP contribution in [0.2, 0.25) is 18.1 Å². The molecule has 66 heavy (non-hydrogen) atoms. The number of carbonyl (C=O) groups is 3. The number of hydrogen-bond acceptors (Lipinski definition) is 16. The predicted octanol–water partition coefficient (Wildman–Crippen LogP) is 4.48. The van der Waals surface area contributed by atoms with Crippen molar-refractivity contribution in [2.75, 3.05) is 36.9 Å². The third kappa shape index (κ3) is 11.5. The van der Waals surface area contributed by atoms with E-state index >= 15 is 0 Å². The van der Waals surface area contributed by atoms with Crippen molar-refractivity contribution in [2.45, 2.75) is 90.8 Å². The van der Waals surface area contributed by atoms with Crippen LogP contribution in [0.3, 0.4) is 0 Å². The summed E-state index contributed by atoms with van der Waals surface area (Å²) in [4.78, 5) is 56.0. The zero-order valence-electron chi connectivity index (χ0n) is 38.0. The number of halogens is 1. The molecule has 6 aromatic heterocycles. The molecular weight excluding hydrogens is 884 g/mol. The van der Waals surface area contributed by atoms with E-state index < -0.39 is 8.32 Å². The zero-order valence-corrected chi connectivity index (χ0v) is 39.8. The van der Waals surface area contributed by atoms with Crippen molar-refractivity contribution in [2.24, 2.45) is 0 Å². The molecule has 4 N–H and O–H groups in total. The van der Waals surface area contributed by atoms with E-state index in [0.29, 0.717) is 60.1 Å². The molecule has 3 amide bonds. The number of tetrazole rings is 2. The maximum absolute atomic E-state index is 12.9. The van der Waals surface area contributed by atoms with Gasteiger partial charge in [0, 0.05) is 32.0 Å². The highest BCUT2D eigenvalue weighted by molar-refractivity contribution is 6.74. The highest BCUT2D eigenvalue weighted by atomic mass is 35.5. The summed E-state index contributed by atoms with van der Waals surface area (Å²) < 4.78 is 9.56. The molecule has 21 nitrogen and oxygen atoms in total. The van der Waals surface area contributed by atoms with E-state index in [1.54, 1.807) is 71.4 Å². The van der Waals surface area contributed by atoms with Gasteiger partial charge in [0.15, 0.2) is 8.32 Å². The first-order valence-corrected chi connectivity index (χ1v) is 24.3. The minimum absolute atomic E-state index is 0. The SMILES string of the molecule is C[C@H](CO)n1nnnc1-c1cccc(NC(=O)c2cc3c(cn2)CCNC3)n1.C[C@H](CO[Si](C)(C)C(C)(C)C)n1nnnc1-c1cccc(NC(=O)c2cc3c(cn2)CCN(C=O)C3)n1.Cl. The summed E-state index contributed by atoms with van der Waals surface area (Å²) in [6, 6.07) is 13.6. The fourth-order valence-corrected chi connectivity index (χ4v) is 7.88. The van der Waals surface area contributed by atoms with Gasteiger partial charge in [-0.3, -0.25) is 24.4 Å². The molecule has 0 fully saturated rings. The van der Waals surface area contributed by atoms with Gasteiger partial charge in [0.05, 0.1) is 25.3 Å². The van der Waals surface area contributed by atoms with E-state index in [1.165, 1.54) is 10.2 Å². The summed E-state index contributed by atoms with van der Waals surface area (Å²) in [5, 5.41) is 42.1. The minimum Gasteiger partial charge on any atom is -0.415 e. The van der Waals surface area contributed by atoms with Gasteiger partial charge in [-0.05, 0) is 131 Å². The van der Waals surface area contributed by atoms with Crippen molar-refractivity contribution >= 4 is 50.6 Å². The van der Waals surface area contributed by atoms with Crippen LogP contribution in [0.5, 0.6) is 0 Å². The molecule has 0 aliphatic carbocycles. The number of aliphatic hydroxyl groups excluding tert-OH is 1. The van der Waals surface area contributed by atoms with Crippen molar-refractivity contribution < 1.29 is 23.9 Å². The summed E-state index contributed by atoms with van der Waals surface area (Å²) in [7, 11) is -1.92. The molecule has 0 saturated heterocycles. The average Bonchev–Trinajstić information content (AvgIpc) is 4.02. The van der Waals surface area contributed by atoms with Gasteiger partial charge >= 0.3 is 0 Å². The Morgan fingerprint density at radius 3 is 1.92 bits per heavy atom. The number of aliphatic hydroxyl groups is 1. The topological polar surface area (TPSA) is 259 Å². The lowest BCUT2D eigenvalue weighted by molar-refractivity contribution is -0.118. The Hall–Kier alpha value is -6.46. The summed E-state index contributed by atoms with van der Waals surface area (Å²) >= 11 is 0. The van der Waals surface area contributed by atoms with Crippen LogP contribution in [0.25, 0.3) is 23.0 Å². The highest BCUT2D eigenvalue weighted by Gasteiger charge is 2.37. The monoisotopic (exact) mass is 938 g/mol. The Morgan fingerprint density at radius 1 is 0.833 bits per heavy atom. The van der Waals surface area contributed by atoms with Gasteiger partial charge in [-0.25, -0.2) is 19.3 Å². The number of amides is 3. The third-order valence-electron chi connectivity index (χ3n) is 11.7. The van der Waals surface area contributed by atoms with Crippen molar-refractivity contribution in [3.05, 3.63) is 94.6 Å². The third-order valence-corrected chi connectivity index (χ3v) is 16.2. The standard InChI is InChI=1S/C25H34N8O3Si.C18H20N8O2.ClH/c1-17(15-36-37(5,6)25(2,3)4)33-23(29-30-31-33)20-8-7-9-22(27-20)28-24(35)21-12-19-14-32(16-34)11-10-18(19)13-26-21;1-11(10-27)26-17(23-24-25-26)14-3-2-4-16(21-14)22-18(28)15-7-13-8-19-6-5-12(13)9-20-15;/h7-9,12-13,16-17H,10-11,14-15H2,1-6H3,(H,27,28,35);2-4,7,9,11,19,27H,5-6,8,10H2,1H3,(H,21,22,28);1H/t17-;11-;/m11./s1. The van der Waals surface area contributed by atoms with Gasteiger partial charge in [0.2, 0.25) is 18.1 Å². The summed E-state index contributed by atoms with van der Waals surface area (Å²) in [5.41, 5.74) is 5.85. The minimum atomic E-state index is -1.92. The van der Waals surface area contributed by atoms with E-state index in [1.807, 2.05) is 13.0 Å². The lowest BCUT2D eigenvalue weighted by Gasteiger charge is -2.36. The molecule has 8 rings (SSSR count). The van der Waals surface area contributed by atoms with E-state index in [4.69, 9.17) is 4.43 Å². The molecular formula is C43H55ClN16O5Si. The van der Waals surface area contributed by atoms with Gasteiger partial charge in [-0.15, -0.1) is 22.6 Å². The number of nitrogens with one attached hydrogen (secondary N) is 3. The number of anilines is 2. The summed E-state index contributed by atoms with van der Waals surface area (Å²) in [6.07, 6.45) is 5.93.